The van der Waals surface area contributed by atoms with Crippen LogP contribution >= 0.6 is 0 Å². The Hall–Kier alpha value is -2.62. The molecule has 32 heavy (non-hydrogen) atoms. The van der Waals surface area contributed by atoms with E-state index >= 15 is 0 Å². The monoisotopic (exact) mass is 432 g/mol. The molecule has 0 rings (SSSR count). The van der Waals surface area contributed by atoms with Crippen molar-refractivity contribution in [2.24, 2.45) is 0 Å². The van der Waals surface area contributed by atoms with Gasteiger partial charge in [0.2, 0.25) is 0 Å². The van der Waals surface area contributed by atoms with Crippen LogP contribution in [0.3, 0.4) is 0 Å². The summed E-state index contributed by atoms with van der Waals surface area (Å²) in [4.78, 5) is 0. The molecule has 2 nitrogen and oxygen atoms in total. The molecule has 0 aliphatic rings. The molecule has 0 fully saturated rings. The maximum absolute atomic E-state index is 9.19. The zero-order valence-electron chi connectivity index (χ0n) is 19.6. The lowest BCUT2D eigenvalue weighted by atomic mass is 10.1. The fraction of sp³-hybridized carbons (Fsp3) is 0.533. The highest BCUT2D eigenvalue weighted by atomic mass is 16.3. The first-order valence-electron chi connectivity index (χ1n) is 11.9. The van der Waals surface area contributed by atoms with E-state index in [1.54, 1.807) is 12.2 Å². The molecule has 0 aromatic carbocycles. The molecule has 0 spiro atoms. The molecule has 0 aromatic heterocycles. The minimum atomic E-state index is -0.747. The zero-order chi connectivity index (χ0) is 23.5. The predicted octanol–water partition coefficient (Wildman–Crippen LogP) is 6.11. The number of terminal acetylenes is 2. The molecule has 0 bridgehead atoms. The second-order valence-corrected chi connectivity index (χ2v) is 7.57. The zero-order valence-corrected chi connectivity index (χ0v) is 19.6. The lowest BCUT2D eigenvalue weighted by Gasteiger charge is -1.97. The summed E-state index contributed by atoms with van der Waals surface area (Å²) in [6.07, 6.45) is 34.9. The molecule has 0 aromatic rings. The Kier molecular flexibility index (Phi) is 22.6. The van der Waals surface area contributed by atoms with E-state index in [4.69, 9.17) is 12.8 Å². The SMILES string of the molecule is C#CC(O)C=CCCCCCCC#CCC=CCC#CCCCCCCC=CC(O)C#C. The highest BCUT2D eigenvalue weighted by molar-refractivity contribution is 5.09. The van der Waals surface area contributed by atoms with Crippen LogP contribution in [-0.4, -0.2) is 22.4 Å². The van der Waals surface area contributed by atoms with E-state index in [-0.39, 0.29) is 0 Å². The number of aliphatic hydroxyl groups is 2. The van der Waals surface area contributed by atoms with Gasteiger partial charge >= 0.3 is 0 Å². The van der Waals surface area contributed by atoms with Gasteiger partial charge in [-0.05, 0) is 50.7 Å². The molecule has 2 N–H and O–H groups in total. The Balaban J connectivity index is 3.45. The fourth-order valence-corrected chi connectivity index (χ4v) is 2.83. The number of hydrogen-bond donors (Lipinski definition) is 2. The van der Waals surface area contributed by atoms with Crippen molar-refractivity contribution >= 4 is 0 Å². The minimum absolute atomic E-state index is 0.747. The predicted molar refractivity (Wildman–Crippen MR) is 137 cm³/mol. The first-order chi connectivity index (χ1) is 15.7. The lowest BCUT2D eigenvalue weighted by molar-refractivity contribution is 0.280. The van der Waals surface area contributed by atoms with Crippen LogP contribution in [0.1, 0.15) is 89.9 Å². The Labute approximate surface area is 197 Å². The van der Waals surface area contributed by atoms with Crippen molar-refractivity contribution in [1.82, 2.24) is 0 Å². The van der Waals surface area contributed by atoms with Gasteiger partial charge < -0.3 is 10.2 Å². The summed E-state index contributed by atoms with van der Waals surface area (Å²) in [6, 6.07) is 0. The summed E-state index contributed by atoms with van der Waals surface area (Å²) in [6.45, 7) is 0. The van der Waals surface area contributed by atoms with Crippen LogP contribution in [-0.2, 0) is 0 Å². The lowest BCUT2D eigenvalue weighted by Crippen LogP contribution is -1.95. The van der Waals surface area contributed by atoms with Gasteiger partial charge in [0, 0.05) is 25.7 Å². The van der Waals surface area contributed by atoms with Crippen LogP contribution in [0.25, 0.3) is 0 Å². The van der Waals surface area contributed by atoms with Crippen LogP contribution < -0.4 is 0 Å². The van der Waals surface area contributed by atoms with Crippen LogP contribution in [0.4, 0.5) is 0 Å². The van der Waals surface area contributed by atoms with Gasteiger partial charge in [-0.25, -0.2) is 0 Å². The molecule has 2 unspecified atom stereocenters. The van der Waals surface area contributed by atoms with E-state index in [0.29, 0.717) is 0 Å². The molecule has 0 amide bonds. The highest BCUT2D eigenvalue weighted by Crippen LogP contribution is 2.06. The summed E-state index contributed by atoms with van der Waals surface area (Å²) in [5.74, 6) is 17.4. The molecule has 0 aliphatic carbocycles. The molecular formula is C30H40O2. The van der Waals surface area contributed by atoms with Crippen molar-refractivity contribution in [3.8, 4) is 48.4 Å². The van der Waals surface area contributed by atoms with E-state index in [2.05, 4.69) is 47.7 Å². The van der Waals surface area contributed by atoms with Gasteiger partial charge in [-0.1, -0.05) is 73.7 Å². The largest absolute Gasteiger partial charge is 0.377 e. The molecule has 0 aliphatic heterocycles. The van der Waals surface area contributed by atoms with Gasteiger partial charge in [-0.15, -0.1) is 24.7 Å². The van der Waals surface area contributed by atoms with Crippen LogP contribution in [0.5, 0.6) is 0 Å². The number of unbranched alkanes of at least 4 members (excludes halogenated alkanes) is 10. The topological polar surface area (TPSA) is 40.5 Å². The normalized spacial score (nSPS) is 12.6. The Bertz CT molecular complexity index is 670. The van der Waals surface area contributed by atoms with Gasteiger partial charge in [0.05, 0.1) is 0 Å². The number of rotatable bonds is 16. The van der Waals surface area contributed by atoms with Gasteiger partial charge in [-0.3, -0.25) is 0 Å². The third-order valence-corrected chi connectivity index (χ3v) is 4.68. The maximum atomic E-state index is 9.19. The second kappa shape index (κ2) is 24.6. The van der Waals surface area contributed by atoms with Crippen molar-refractivity contribution < 1.29 is 10.2 Å². The molecule has 0 saturated carbocycles. The summed E-state index contributed by atoms with van der Waals surface area (Å²) >= 11 is 0. The smallest absolute Gasteiger partial charge is 0.133 e. The van der Waals surface area contributed by atoms with Crippen molar-refractivity contribution in [3.63, 3.8) is 0 Å². The minimum Gasteiger partial charge on any atom is -0.377 e. The molecule has 2 heteroatoms. The van der Waals surface area contributed by atoms with E-state index in [1.165, 1.54) is 25.7 Å². The summed E-state index contributed by atoms with van der Waals surface area (Å²) in [5.41, 5.74) is 0. The van der Waals surface area contributed by atoms with E-state index in [1.807, 2.05) is 12.2 Å². The van der Waals surface area contributed by atoms with Gasteiger partial charge in [-0.2, -0.15) is 0 Å². The van der Waals surface area contributed by atoms with Crippen molar-refractivity contribution in [2.45, 2.75) is 102 Å². The number of aliphatic hydroxyl groups excluding tert-OH is 2. The number of allylic oxidation sites excluding steroid dienone is 4. The molecular weight excluding hydrogens is 392 g/mol. The van der Waals surface area contributed by atoms with Crippen LogP contribution in [0, 0.1) is 48.4 Å². The first kappa shape index (κ1) is 29.4. The quantitative estimate of drug-likeness (QED) is 0.175. The Morgan fingerprint density at radius 3 is 1.34 bits per heavy atom. The van der Waals surface area contributed by atoms with Gasteiger partial charge in [0.15, 0.2) is 0 Å². The van der Waals surface area contributed by atoms with Crippen LogP contribution in [0.15, 0.2) is 36.5 Å². The third-order valence-electron chi connectivity index (χ3n) is 4.68. The Morgan fingerprint density at radius 2 is 0.938 bits per heavy atom. The maximum Gasteiger partial charge on any atom is 0.133 e. The van der Waals surface area contributed by atoms with Gasteiger partial charge in [0.1, 0.15) is 12.2 Å². The molecule has 172 valence electrons. The van der Waals surface area contributed by atoms with E-state index < -0.39 is 12.2 Å². The van der Waals surface area contributed by atoms with Crippen molar-refractivity contribution in [1.29, 1.82) is 0 Å². The van der Waals surface area contributed by atoms with Crippen molar-refractivity contribution in [3.05, 3.63) is 36.5 Å². The van der Waals surface area contributed by atoms with Gasteiger partial charge in [0.25, 0.3) is 0 Å². The first-order valence-corrected chi connectivity index (χ1v) is 11.9. The fourth-order valence-electron chi connectivity index (χ4n) is 2.83. The third kappa shape index (κ3) is 23.7. The Morgan fingerprint density at radius 1 is 0.531 bits per heavy atom. The molecule has 0 heterocycles. The average molecular weight is 433 g/mol. The summed E-state index contributed by atoms with van der Waals surface area (Å²) < 4.78 is 0. The second-order valence-electron chi connectivity index (χ2n) is 7.57. The highest BCUT2D eigenvalue weighted by Gasteiger charge is 1.91. The van der Waals surface area contributed by atoms with Crippen molar-refractivity contribution in [2.75, 3.05) is 0 Å². The number of hydrogen-bond acceptors (Lipinski definition) is 2. The van der Waals surface area contributed by atoms with Crippen LogP contribution in [0.2, 0.25) is 0 Å². The molecule has 0 saturated heterocycles. The van der Waals surface area contributed by atoms with E-state index in [0.717, 1.165) is 64.2 Å². The standard InChI is InChI=1S/C30H40O2/c1-3-29(31)27-25-23-21-19-17-15-13-11-9-7-5-6-8-10-12-14-16-18-20-22-24-26-28-30(32)4-2/h1-2,5-6,25-32H,7-8,13-24H2. The van der Waals surface area contributed by atoms with E-state index in [9.17, 15) is 10.2 Å². The average Bonchev–Trinajstić information content (AvgIpc) is 2.81. The summed E-state index contributed by atoms with van der Waals surface area (Å²) in [5, 5.41) is 18.4. The molecule has 0 radical (unpaired) electrons. The summed E-state index contributed by atoms with van der Waals surface area (Å²) in [7, 11) is 0. The molecule has 2 atom stereocenters.